The van der Waals surface area contributed by atoms with Crippen LogP contribution in [0.2, 0.25) is 0 Å². The van der Waals surface area contributed by atoms with E-state index >= 15 is 0 Å². The Balaban J connectivity index is 2.64. The van der Waals surface area contributed by atoms with Gasteiger partial charge in [0.2, 0.25) is 0 Å². The van der Waals surface area contributed by atoms with Crippen molar-refractivity contribution >= 4 is 23.0 Å². The van der Waals surface area contributed by atoms with Gasteiger partial charge in [-0.1, -0.05) is 35.5 Å². The van der Waals surface area contributed by atoms with Gasteiger partial charge in [0.1, 0.15) is 0 Å². The van der Waals surface area contributed by atoms with E-state index in [0.717, 1.165) is 16.3 Å². The van der Waals surface area contributed by atoms with Gasteiger partial charge in [-0.15, -0.1) is 0 Å². The van der Waals surface area contributed by atoms with Gasteiger partial charge in [-0.05, 0) is 23.8 Å². The molecule has 0 aliphatic carbocycles. The highest BCUT2D eigenvalue weighted by Crippen LogP contribution is 2.22. The predicted molar refractivity (Wildman–Crippen MR) is 69.3 cm³/mol. The van der Waals surface area contributed by atoms with Crippen molar-refractivity contribution in [3.05, 3.63) is 47.5 Å². The molecule has 4 heteroatoms. The van der Waals surface area contributed by atoms with Gasteiger partial charge in [-0.3, -0.25) is 0 Å². The Labute approximate surface area is 104 Å². The molecule has 0 aromatic heterocycles. The summed E-state index contributed by atoms with van der Waals surface area (Å²) in [5.74, 6) is -0.346. The summed E-state index contributed by atoms with van der Waals surface area (Å²) >= 11 is 0. The molecule has 92 valence electrons. The van der Waals surface area contributed by atoms with Crippen molar-refractivity contribution in [1.29, 1.82) is 0 Å². The zero-order valence-electron chi connectivity index (χ0n) is 9.96. The molecule has 1 N–H and O–H groups in total. The molecule has 0 radical (unpaired) electrons. The second-order valence-corrected chi connectivity index (χ2v) is 3.71. The number of carbonyl (C=O) groups excluding carboxylic acids is 1. The molecule has 0 heterocycles. The van der Waals surface area contributed by atoms with Gasteiger partial charge in [0.15, 0.2) is 0 Å². The van der Waals surface area contributed by atoms with E-state index in [4.69, 9.17) is 9.94 Å². The highest BCUT2D eigenvalue weighted by Gasteiger charge is 2.12. The fourth-order valence-electron chi connectivity index (χ4n) is 1.88. The van der Waals surface area contributed by atoms with Crippen molar-refractivity contribution in [2.75, 3.05) is 6.61 Å². The lowest BCUT2D eigenvalue weighted by Gasteiger charge is -2.07. The Morgan fingerprint density at radius 1 is 1.28 bits per heavy atom. The number of hydrogen-bond donors (Lipinski definition) is 1. The number of esters is 1. The zero-order chi connectivity index (χ0) is 13.0. The average Bonchev–Trinajstić information content (AvgIpc) is 2.39. The molecule has 0 spiro atoms. The van der Waals surface area contributed by atoms with E-state index in [1.165, 1.54) is 6.21 Å². The molecule has 0 bridgehead atoms. The highest BCUT2D eigenvalue weighted by molar-refractivity contribution is 6.09. The van der Waals surface area contributed by atoms with Crippen LogP contribution in [0.15, 0.2) is 41.6 Å². The van der Waals surface area contributed by atoms with Crippen LogP contribution in [-0.4, -0.2) is 24.0 Å². The third-order valence-electron chi connectivity index (χ3n) is 2.65. The third kappa shape index (κ3) is 2.18. The van der Waals surface area contributed by atoms with Crippen molar-refractivity contribution in [3.63, 3.8) is 0 Å². The molecular formula is C14H13NO3. The van der Waals surface area contributed by atoms with Gasteiger partial charge in [-0.2, -0.15) is 0 Å². The maximum absolute atomic E-state index is 11.8. The minimum absolute atomic E-state index is 0.340. The Bertz CT molecular complexity index is 605. The van der Waals surface area contributed by atoms with Crippen LogP contribution in [0.1, 0.15) is 22.8 Å². The molecule has 0 saturated carbocycles. The number of benzene rings is 2. The van der Waals surface area contributed by atoms with E-state index in [9.17, 15) is 4.79 Å². The SMILES string of the molecule is CCOC(=O)c1ccc(C=NO)c2ccccc12. The van der Waals surface area contributed by atoms with Gasteiger partial charge in [0, 0.05) is 5.56 Å². The van der Waals surface area contributed by atoms with Gasteiger partial charge < -0.3 is 9.94 Å². The molecule has 0 aliphatic rings. The molecule has 0 unspecified atom stereocenters. The van der Waals surface area contributed by atoms with Crippen LogP contribution >= 0.6 is 0 Å². The minimum atomic E-state index is -0.346. The van der Waals surface area contributed by atoms with Crippen molar-refractivity contribution < 1.29 is 14.7 Å². The molecule has 0 atom stereocenters. The summed E-state index contributed by atoms with van der Waals surface area (Å²) < 4.78 is 5.01. The largest absolute Gasteiger partial charge is 0.462 e. The molecule has 18 heavy (non-hydrogen) atoms. The molecule has 0 aliphatic heterocycles. The first-order chi connectivity index (χ1) is 8.77. The van der Waals surface area contributed by atoms with Crippen LogP contribution < -0.4 is 0 Å². The Morgan fingerprint density at radius 3 is 2.67 bits per heavy atom. The number of carbonyl (C=O) groups is 1. The standard InChI is InChI=1S/C14H13NO3/c1-2-18-14(16)13-8-7-10(9-15-17)11-5-3-4-6-12(11)13/h3-9,17H,2H2,1H3. The first-order valence-electron chi connectivity index (χ1n) is 5.64. The molecule has 0 saturated heterocycles. The molecule has 0 amide bonds. The van der Waals surface area contributed by atoms with E-state index < -0.39 is 0 Å². The van der Waals surface area contributed by atoms with Crippen LogP contribution in [0.25, 0.3) is 10.8 Å². The van der Waals surface area contributed by atoms with E-state index in [1.807, 2.05) is 24.3 Å². The lowest BCUT2D eigenvalue weighted by atomic mass is 10.00. The van der Waals surface area contributed by atoms with E-state index in [-0.39, 0.29) is 5.97 Å². The van der Waals surface area contributed by atoms with E-state index in [1.54, 1.807) is 19.1 Å². The molecule has 2 aromatic carbocycles. The summed E-state index contributed by atoms with van der Waals surface area (Å²) in [7, 11) is 0. The molecule has 4 nitrogen and oxygen atoms in total. The van der Waals surface area contributed by atoms with E-state index in [0.29, 0.717) is 12.2 Å². The fraction of sp³-hybridized carbons (Fsp3) is 0.143. The summed E-state index contributed by atoms with van der Waals surface area (Å²) in [6.07, 6.45) is 1.34. The first kappa shape index (κ1) is 12.1. The second kappa shape index (κ2) is 5.31. The quantitative estimate of drug-likeness (QED) is 0.390. The van der Waals surface area contributed by atoms with E-state index in [2.05, 4.69) is 5.16 Å². The van der Waals surface area contributed by atoms with Crippen molar-refractivity contribution in [2.45, 2.75) is 6.92 Å². The Morgan fingerprint density at radius 2 is 2.00 bits per heavy atom. The van der Waals surface area contributed by atoms with Gasteiger partial charge >= 0.3 is 5.97 Å². The Hall–Kier alpha value is -2.36. The highest BCUT2D eigenvalue weighted by atomic mass is 16.5. The van der Waals surface area contributed by atoms with Crippen molar-refractivity contribution in [1.82, 2.24) is 0 Å². The summed E-state index contributed by atoms with van der Waals surface area (Å²) in [6, 6.07) is 10.8. The average molecular weight is 243 g/mol. The van der Waals surface area contributed by atoms with Crippen molar-refractivity contribution in [3.8, 4) is 0 Å². The summed E-state index contributed by atoms with van der Waals surface area (Å²) in [6.45, 7) is 2.11. The number of fused-ring (bicyclic) bond motifs is 1. The number of hydrogen-bond acceptors (Lipinski definition) is 4. The van der Waals surface area contributed by atoms with Gasteiger partial charge in [-0.25, -0.2) is 4.79 Å². The van der Waals surface area contributed by atoms with Crippen LogP contribution in [-0.2, 0) is 4.74 Å². The minimum Gasteiger partial charge on any atom is -0.462 e. The molecular weight excluding hydrogens is 230 g/mol. The summed E-state index contributed by atoms with van der Waals surface area (Å²) in [4.78, 5) is 11.8. The number of rotatable bonds is 3. The maximum atomic E-state index is 11.8. The smallest absolute Gasteiger partial charge is 0.338 e. The van der Waals surface area contributed by atoms with Crippen LogP contribution in [0, 0.1) is 0 Å². The maximum Gasteiger partial charge on any atom is 0.338 e. The van der Waals surface area contributed by atoms with Gasteiger partial charge in [0.25, 0.3) is 0 Å². The monoisotopic (exact) mass is 243 g/mol. The normalized spacial score (nSPS) is 10.9. The van der Waals surface area contributed by atoms with Gasteiger partial charge in [0.05, 0.1) is 18.4 Å². The fourth-order valence-corrected chi connectivity index (χ4v) is 1.88. The van der Waals surface area contributed by atoms with Crippen LogP contribution in [0.3, 0.4) is 0 Å². The summed E-state index contributed by atoms with van der Waals surface area (Å²) in [5.41, 5.74) is 1.27. The second-order valence-electron chi connectivity index (χ2n) is 3.71. The van der Waals surface area contributed by atoms with Crippen molar-refractivity contribution in [2.24, 2.45) is 5.16 Å². The zero-order valence-corrected chi connectivity index (χ0v) is 9.96. The Kier molecular flexibility index (Phi) is 3.57. The third-order valence-corrected chi connectivity index (χ3v) is 2.65. The topological polar surface area (TPSA) is 58.9 Å². The number of ether oxygens (including phenoxy) is 1. The molecule has 2 aromatic rings. The number of nitrogens with zero attached hydrogens (tertiary/aromatic N) is 1. The summed E-state index contributed by atoms with van der Waals surface area (Å²) in [5, 5.41) is 13.3. The van der Waals surface area contributed by atoms with Crippen LogP contribution in [0.4, 0.5) is 0 Å². The van der Waals surface area contributed by atoms with Crippen LogP contribution in [0.5, 0.6) is 0 Å². The first-order valence-corrected chi connectivity index (χ1v) is 5.64. The number of oxime groups is 1. The molecule has 2 rings (SSSR count). The molecule has 0 fully saturated rings. The lowest BCUT2D eigenvalue weighted by molar-refractivity contribution is 0.0528. The lowest BCUT2D eigenvalue weighted by Crippen LogP contribution is -2.05. The predicted octanol–water partition coefficient (Wildman–Crippen LogP) is 2.82.